The van der Waals surface area contributed by atoms with Crippen LogP contribution in [0.4, 0.5) is 18.9 Å². The molecule has 0 bridgehead atoms. The maximum absolute atomic E-state index is 12.9. The highest BCUT2D eigenvalue weighted by Gasteiger charge is 2.47. The molecule has 11 heteroatoms. The molecule has 2 amide bonds. The Bertz CT molecular complexity index is 1030. The zero-order chi connectivity index (χ0) is 27.3. The van der Waals surface area contributed by atoms with Gasteiger partial charge >= 0.3 is 6.18 Å². The summed E-state index contributed by atoms with van der Waals surface area (Å²) in [5, 5.41) is 5.84. The predicted molar refractivity (Wildman–Crippen MR) is 143 cm³/mol. The maximum atomic E-state index is 12.9. The Morgan fingerprint density at radius 3 is 2.58 bits per heavy atom. The number of carbonyl (C=O) groups is 2. The number of aliphatic imine (C=N–C) groups is 1. The highest BCUT2D eigenvalue weighted by atomic mass is 32.2. The third-order valence-corrected chi connectivity index (χ3v) is 8.77. The number of hydrogen-bond donors (Lipinski definition) is 2. The lowest BCUT2D eigenvalue weighted by atomic mass is 9.86. The predicted octanol–water partition coefficient (Wildman–Crippen LogP) is 5.03. The van der Waals surface area contributed by atoms with Crippen LogP contribution < -0.4 is 10.6 Å². The van der Waals surface area contributed by atoms with Gasteiger partial charge in [-0.25, -0.2) is 0 Å². The van der Waals surface area contributed by atoms with E-state index < -0.39 is 18.1 Å². The average molecular weight is 555 g/mol. The smallest absolute Gasteiger partial charge is 0.378 e. The fourth-order valence-corrected chi connectivity index (χ4v) is 6.46. The lowest BCUT2D eigenvalue weighted by Crippen LogP contribution is -2.47. The maximum Gasteiger partial charge on any atom is 0.391 e. The molecule has 1 aromatic rings. The van der Waals surface area contributed by atoms with Gasteiger partial charge in [0.25, 0.3) is 5.91 Å². The van der Waals surface area contributed by atoms with E-state index in [4.69, 9.17) is 9.73 Å². The first kappa shape index (κ1) is 28.9. The van der Waals surface area contributed by atoms with Gasteiger partial charge in [0, 0.05) is 37.4 Å². The molecule has 0 unspecified atom stereocenters. The normalized spacial score (nSPS) is 23.8. The second-order valence-corrected chi connectivity index (χ2v) is 11.7. The molecule has 2 fully saturated rings. The molecule has 2 aliphatic heterocycles. The number of amidine groups is 1. The molecular weight excluding hydrogens is 517 g/mol. The summed E-state index contributed by atoms with van der Waals surface area (Å²) in [5.41, 5.74) is 2.53. The van der Waals surface area contributed by atoms with Crippen LogP contribution in [-0.2, 0) is 20.7 Å². The molecule has 3 aliphatic rings. The highest BCUT2D eigenvalue weighted by Crippen LogP contribution is 2.36. The Labute approximate surface area is 226 Å². The number of anilines is 1. The van der Waals surface area contributed by atoms with E-state index in [0.29, 0.717) is 25.7 Å². The molecule has 4 rings (SSSR count). The van der Waals surface area contributed by atoms with Crippen LogP contribution in [0.25, 0.3) is 0 Å². The van der Waals surface area contributed by atoms with Gasteiger partial charge in [-0.2, -0.15) is 13.2 Å². The van der Waals surface area contributed by atoms with E-state index in [9.17, 15) is 22.8 Å². The summed E-state index contributed by atoms with van der Waals surface area (Å²) < 4.78 is 44.8. The largest absolute Gasteiger partial charge is 0.391 e. The number of hydrogen-bond acceptors (Lipinski definition) is 6. The Morgan fingerprint density at radius 1 is 1.24 bits per heavy atom. The first-order chi connectivity index (χ1) is 18.0. The van der Waals surface area contributed by atoms with Crippen molar-refractivity contribution in [1.82, 2.24) is 9.62 Å². The van der Waals surface area contributed by atoms with Crippen LogP contribution in [0.5, 0.6) is 0 Å². The lowest BCUT2D eigenvalue weighted by Gasteiger charge is -2.34. The Balaban J connectivity index is 1.20. The van der Waals surface area contributed by atoms with Crippen molar-refractivity contribution in [1.29, 1.82) is 0 Å². The molecule has 1 aromatic carbocycles. The van der Waals surface area contributed by atoms with Gasteiger partial charge in [0.05, 0.1) is 19.1 Å². The molecule has 1 aliphatic carbocycles. The third-order valence-electron chi connectivity index (χ3n) is 7.66. The van der Waals surface area contributed by atoms with E-state index in [2.05, 4.69) is 27.9 Å². The van der Waals surface area contributed by atoms with Gasteiger partial charge in [-0.15, -0.1) is 0 Å². The van der Waals surface area contributed by atoms with Gasteiger partial charge in [0.1, 0.15) is 11.4 Å². The number of carbonyl (C=O) groups excluding carboxylic acids is 2. The Morgan fingerprint density at radius 2 is 1.95 bits per heavy atom. The number of amides is 2. The van der Waals surface area contributed by atoms with Crippen molar-refractivity contribution < 1.29 is 27.5 Å². The van der Waals surface area contributed by atoms with Gasteiger partial charge < -0.3 is 15.4 Å². The standard InChI is InChI=1S/C27H37F3N4O3S/c1-18-17-22(31-19(2)35)6-3-20(18)9-16-38-34-13-10-26(11-14-34)25(36)32-24(33-26)21-4-7-23(8-5-21)37-15-12-27(28,29)30/h3,6,17,21,23H,4-5,7-16H2,1-2H3,(H,31,35)(H,32,33,36). The van der Waals surface area contributed by atoms with Crippen molar-refractivity contribution in [3.8, 4) is 0 Å². The zero-order valence-electron chi connectivity index (χ0n) is 22.0. The van der Waals surface area contributed by atoms with Gasteiger partial charge in [0.15, 0.2) is 0 Å². The first-order valence-electron chi connectivity index (χ1n) is 13.4. The molecule has 1 spiro atoms. The van der Waals surface area contributed by atoms with Crippen molar-refractivity contribution in [2.24, 2.45) is 10.9 Å². The molecule has 0 radical (unpaired) electrons. The number of ether oxygens (including phenoxy) is 1. The summed E-state index contributed by atoms with van der Waals surface area (Å²) in [5.74, 6) is 1.72. The van der Waals surface area contributed by atoms with Gasteiger partial charge in [-0.05, 0) is 75.1 Å². The molecule has 0 atom stereocenters. The minimum absolute atomic E-state index is 0.0180. The number of alkyl halides is 3. The van der Waals surface area contributed by atoms with E-state index in [0.717, 1.165) is 55.2 Å². The van der Waals surface area contributed by atoms with Crippen molar-refractivity contribution in [2.45, 2.75) is 83.0 Å². The van der Waals surface area contributed by atoms with E-state index in [1.165, 1.54) is 12.5 Å². The third kappa shape index (κ3) is 7.72. The summed E-state index contributed by atoms with van der Waals surface area (Å²) in [7, 11) is 0. The van der Waals surface area contributed by atoms with Crippen molar-refractivity contribution in [3.63, 3.8) is 0 Å². The van der Waals surface area contributed by atoms with Gasteiger partial charge in [0.2, 0.25) is 5.91 Å². The summed E-state index contributed by atoms with van der Waals surface area (Å²) >= 11 is 1.80. The molecule has 2 heterocycles. The molecule has 1 saturated carbocycles. The van der Waals surface area contributed by atoms with Gasteiger partial charge in [-0.3, -0.25) is 18.9 Å². The number of piperidine rings is 1. The summed E-state index contributed by atoms with van der Waals surface area (Å²) in [6, 6.07) is 5.99. The molecule has 7 nitrogen and oxygen atoms in total. The number of benzene rings is 1. The lowest BCUT2D eigenvalue weighted by molar-refractivity contribution is -0.150. The van der Waals surface area contributed by atoms with Crippen molar-refractivity contribution >= 4 is 35.3 Å². The second kappa shape index (κ2) is 12.4. The van der Waals surface area contributed by atoms with E-state index >= 15 is 0 Å². The SMILES string of the molecule is CC(=O)Nc1ccc(CCSN2CCC3(CC2)N=C(C2CCC(OCCC(F)(F)F)CC2)NC3=O)c(C)c1. The van der Waals surface area contributed by atoms with Gasteiger partial charge in [-0.1, -0.05) is 18.0 Å². The van der Waals surface area contributed by atoms with Crippen LogP contribution in [0.3, 0.4) is 0 Å². The van der Waals surface area contributed by atoms with Crippen LogP contribution in [0.1, 0.15) is 63.0 Å². The van der Waals surface area contributed by atoms with E-state index in [-0.39, 0.29) is 30.4 Å². The molecule has 38 heavy (non-hydrogen) atoms. The summed E-state index contributed by atoms with van der Waals surface area (Å²) in [6.07, 6.45) is -0.0923. The van der Waals surface area contributed by atoms with E-state index in [1.807, 2.05) is 12.1 Å². The summed E-state index contributed by atoms with van der Waals surface area (Å²) in [4.78, 5) is 29.1. The van der Waals surface area contributed by atoms with Crippen molar-refractivity contribution in [2.75, 3.05) is 30.8 Å². The van der Waals surface area contributed by atoms with E-state index in [1.54, 1.807) is 11.9 Å². The second-order valence-electron chi connectivity index (χ2n) is 10.5. The topological polar surface area (TPSA) is 83.0 Å². The summed E-state index contributed by atoms with van der Waals surface area (Å²) in [6.45, 7) is 4.83. The number of nitrogens with one attached hydrogen (secondary N) is 2. The van der Waals surface area contributed by atoms with Crippen LogP contribution in [0, 0.1) is 12.8 Å². The quantitative estimate of drug-likeness (QED) is 0.418. The number of nitrogens with zero attached hydrogens (tertiary/aromatic N) is 2. The molecular formula is C27H37F3N4O3S. The van der Waals surface area contributed by atoms with Crippen molar-refractivity contribution in [3.05, 3.63) is 29.3 Å². The monoisotopic (exact) mass is 554 g/mol. The van der Waals surface area contributed by atoms with Crippen LogP contribution in [-0.4, -0.2) is 65.2 Å². The fourth-order valence-electron chi connectivity index (χ4n) is 5.45. The van der Waals surface area contributed by atoms with Crippen LogP contribution >= 0.6 is 11.9 Å². The average Bonchev–Trinajstić information content (AvgIpc) is 3.16. The molecule has 210 valence electrons. The number of halogens is 3. The first-order valence-corrected chi connectivity index (χ1v) is 14.3. The minimum atomic E-state index is -4.19. The highest BCUT2D eigenvalue weighted by molar-refractivity contribution is 7.97. The minimum Gasteiger partial charge on any atom is -0.378 e. The Kier molecular flexibility index (Phi) is 9.41. The Hall–Kier alpha value is -2.11. The molecule has 2 N–H and O–H groups in total. The molecule has 0 aromatic heterocycles. The number of aryl methyl sites for hydroxylation is 2. The van der Waals surface area contributed by atoms with Crippen LogP contribution in [0.15, 0.2) is 23.2 Å². The number of rotatable bonds is 9. The fraction of sp³-hybridized carbons (Fsp3) is 0.667. The molecule has 1 saturated heterocycles. The van der Waals surface area contributed by atoms with Crippen LogP contribution in [0.2, 0.25) is 0 Å². The zero-order valence-corrected chi connectivity index (χ0v) is 22.8.